The number of aryl methyl sites for hydroxylation is 1. The van der Waals surface area contributed by atoms with E-state index in [4.69, 9.17) is 11.6 Å². The number of piperidine rings is 1. The summed E-state index contributed by atoms with van der Waals surface area (Å²) in [5.74, 6) is -0.405. The van der Waals surface area contributed by atoms with Crippen LogP contribution in [0.4, 0.5) is 0 Å². The lowest BCUT2D eigenvalue weighted by Crippen LogP contribution is -2.47. The zero-order valence-corrected chi connectivity index (χ0v) is 21.8. The number of fused-ring (bicyclic) bond motifs is 1. The molecule has 1 atom stereocenters. The van der Waals surface area contributed by atoms with Gasteiger partial charge in [-0.1, -0.05) is 36.3 Å². The molecular weight excluding hydrogens is 506 g/mol. The normalized spacial score (nSPS) is 18.5. The maximum atomic E-state index is 13.3. The van der Waals surface area contributed by atoms with E-state index in [2.05, 4.69) is 34.7 Å². The Hall–Kier alpha value is -1.17. The number of amides is 1. The van der Waals surface area contributed by atoms with Gasteiger partial charge >= 0.3 is 0 Å². The van der Waals surface area contributed by atoms with E-state index >= 15 is 0 Å². The summed E-state index contributed by atoms with van der Waals surface area (Å²) in [6, 6.07) is 8.51. The summed E-state index contributed by atoms with van der Waals surface area (Å²) in [4.78, 5) is 19.5. The van der Waals surface area contributed by atoms with Crippen LogP contribution in [0.25, 0.3) is 10.2 Å². The van der Waals surface area contributed by atoms with Gasteiger partial charge in [-0.25, -0.2) is 8.42 Å². The molecule has 11 heteroatoms. The highest BCUT2D eigenvalue weighted by Crippen LogP contribution is 2.32. The summed E-state index contributed by atoms with van der Waals surface area (Å²) in [6.07, 6.45) is 4.92. The number of benzene rings is 1. The molecule has 1 aromatic carbocycles. The molecule has 3 aromatic rings. The van der Waals surface area contributed by atoms with Crippen LogP contribution in [0.5, 0.6) is 0 Å². The van der Waals surface area contributed by atoms with Gasteiger partial charge in [0.05, 0.1) is 14.6 Å². The molecule has 0 N–H and O–H groups in total. The summed E-state index contributed by atoms with van der Waals surface area (Å²) in [6.45, 7) is 3.13. The van der Waals surface area contributed by atoms with Crippen molar-refractivity contribution < 1.29 is 13.2 Å². The van der Waals surface area contributed by atoms with Gasteiger partial charge in [0.1, 0.15) is 10.3 Å². The van der Waals surface area contributed by atoms with Crippen LogP contribution >= 0.6 is 46.0 Å². The first kappa shape index (κ1) is 24.0. The van der Waals surface area contributed by atoms with Gasteiger partial charge in [0, 0.05) is 18.0 Å². The van der Waals surface area contributed by atoms with Crippen molar-refractivity contribution >= 4 is 72.2 Å². The summed E-state index contributed by atoms with van der Waals surface area (Å²) in [5.41, 5.74) is 1.04. The Bertz CT molecular complexity index is 1310. The molecule has 0 radical (unpaired) electrons. The third kappa shape index (κ3) is 4.71. The topological polar surface area (TPSA) is 71.7 Å². The minimum absolute atomic E-state index is 0.162. The van der Waals surface area contributed by atoms with Crippen molar-refractivity contribution in [3.63, 3.8) is 0 Å². The van der Waals surface area contributed by atoms with Crippen molar-refractivity contribution in [3.8, 4) is 0 Å². The van der Waals surface area contributed by atoms with E-state index in [9.17, 15) is 13.2 Å². The first-order chi connectivity index (χ1) is 15.3. The Balaban J connectivity index is 1.74. The van der Waals surface area contributed by atoms with E-state index in [-0.39, 0.29) is 4.21 Å². The predicted molar refractivity (Wildman–Crippen MR) is 133 cm³/mol. The highest BCUT2D eigenvalue weighted by Gasteiger charge is 2.38. The number of carbonyl (C=O) groups excluding carboxylic acids is 1. The minimum Gasteiger partial charge on any atom is -0.316 e. The van der Waals surface area contributed by atoms with Crippen molar-refractivity contribution in [2.45, 2.75) is 54.3 Å². The number of thioether (sulfide) groups is 1. The summed E-state index contributed by atoms with van der Waals surface area (Å²) >= 11 is 10.1. The van der Waals surface area contributed by atoms with Crippen molar-refractivity contribution in [2.24, 2.45) is 4.99 Å². The molecule has 0 bridgehead atoms. The molecule has 1 aliphatic heterocycles. The number of sulfonamides is 1. The third-order valence-electron chi connectivity index (χ3n) is 5.39. The molecule has 172 valence electrons. The van der Waals surface area contributed by atoms with Gasteiger partial charge in [0.15, 0.2) is 4.80 Å². The van der Waals surface area contributed by atoms with Crippen LogP contribution < -0.4 is 4.80 Å². The lowest BCUT2D eigenvalue weighted by atomic mass is 10.0. The van der Waals surface area contributed by atoms with Crippen LogP contribution in [0.3, 0.4) is 0 Å². The Morgan fingerprint density at radius 3 is 2.75 bits per heavy atom. The highest BCUT2D eigenvalue weighted by molar-refractivity contribution is 7.98. The molecule has 2 aromatic heterocycles. The maximum absolute atomic E-state index is 13.3. The molecule has 1 amide bonds. The molecule has 1 saturated heterocycles. The average Bonchev–Trinajstić information content (AvgIpc) is 3.37. The summed E-state index contributed by atoms with van der Waals surface area (Å²) in [7, 11) is -3.80. The van der Waals surface area contributed by atoms with Crippen LogP contribution in [0.2, 0.25) is 4.34 Å². The fourth-order valence-electron chi connectivity index (χ4n) is 3.87. The number of thiophene rings is 1. The van der Waals surface area contributed by atoms with Gasteiger partial charge in [-0.2, -0.15) is 9.30 Å². The van der Waals surface area contributed by atoms with Crippen molar-refractivity contribution in [3.05, 3.63) is 39.5 Å². The highest BCUT2D eigenvalue weighted by atomic mass is 35.5. The molecule has 0 saturated carbocycles. The molecule has 0 spiro atoms. The first-order valence-corrected chi connectivity index (χ1v) is 15.1. The second-order valence-electron chi connectivity index (χ2n) is 7.51. The SMILES string of the molecule is CCCn1c(=NC(=O)C2CCCCN2S(=O)(=O)c2ccc(Cl)s2)sc2cc(SC)ccc21. The number of nitrogens with zero attached hydrogens (tertiary/aromatic N) is 3. The molecule has 0 aliphatic carbocycles. The number of hydrogen-bond donors (Lipinski definition) is 0. The zero-order chi connectivity index (χ0) is 22.9. The summed E-state index contributed by atoms with van der Waals surface area (Å²) < 4.78 is 31.5. The van der Waals surface area contributed by atoms with E-state index in [1.165, 1.54) is 21.7 Å². The monoisotopic (exact) mass is 529 g/mol. The van der Waals surface area contributed by atoms with E-state index in [0.29, 0.717) is 22.1 Å². The molecule has 6 nitrogen and oxygen atoms in total. The fraction of sp³-hybridized carbons (Fsp3) is 0.429. The Labute approximate surface area is 205 Å². The smallest absolute Gasteiger partial charge is 0.266 e. The number of thiazole rings is 1. The second kappa shape index (κ2) is 9.99. The van der Waals surface area contributed by atoms with Gasteiger partial charge in [-0.3, -0.25) is 4.79 Å². The largest absolute Gasteiger partial charge is 0.316 e. The van der Waals surface area contributed by atoms with Crippen molar-refractivity contribution in [1.82, 2.24) is 8.87 Å². The number of carbonyl (C=O) groups is 1. The molecule has 3 heterocycles. The van der Waals surface area contributed by atoms with Crippen LogP contribution in [0.1, 0.15) is 32.6 Å². The predicted octanol–water partition coefficient (Wildman–Crippen LogP) is 5.22. The van der Waals surface area contributed by atoms with E-state index in [1.807, 2.05) is 6.26 Å². The number of aromatic nitrogens is 1. The third-order valence-corrected chi connectivity index (χ3v) is 10.8. The molecule has 32 heavy (non-hydrogen) atoms. The van der Waals surface area contributed by atoms with E-state index < -0.39 is 22.0 Å². The van der Waals surface area contributed by atoms with Gasteiger partial charge in [-0.15, -0.1) is 23.1 Å². The van der Waals surface area contributed by atoms with E-state index in [1.54, 1.807) is 17.8 Å². The van der Waals surface area contributed by atoms with Crippen LogP contribution in [0, 0.1) is 0 Å². The molecule has 1 fully saturated rings. The van der Waals surface area contributed by atoms with Crippen LogP contribution in [-0.2, 0) is 21.4 Å². The number of rotatable bonds is 6. The van der Waals surface area contributed by atoms with Crippen molar-refractivity contribution in [2.75, 3.05) is 12.8 Å². The van der Waals surface area contributed by atoms with Gasteiger partial charge in [-0.05, 0) is 55.9 Å². The number of halogens is 1. The Morgan fingerprint density at radius 1 is 1.25 bits per heavy atom. The van der Waals surface area contributed by atoms with Gasteiger partial charge in [0.2, 0.25) is 0 Å². The maximum Gasteiger partial charge on any atom is 0.266 e. The average molecular weight is 530 g/mol. The molecule has 1 aliphatic rings. The van der Waals surface area contributed by atoms with Crippen molar-refractivity contribution in [1.29, 1.82) is 0 Å². The van der Waals surface area contributed by atoms with Gasteiger partial charge < -0.3 is 4.57 Å². The quantitative estimate of drug-likeness (QED) is 0.410. The summed E-state index contributed by atoms with van der Waals surface area (Å²) in [5, 5.41) is 0. The first-order valence-electron chi connectivity index (χ1n) is 10.4. The standard InChI is InChI=1S/C21H24ClN3O3S4/c1-3-11-24-15-8-7-14(29-2)13-17(15)30-21(24)23-20(26)16-6-4-5-12-25(16)32(27,28)19-10-9-18(22)31-19/h7-10,13,16H,3-6,11-12H2,1-2H3. The Kier molecular flexibility index (Phi) is 7.48. The van der Waals surface area contributed by atoms with E-state index in [0.717, 1.165) is 52.3 Å². The Morgan fingerprint density at radius 2 is 2.06 bits per heavy atom. The fourth-order valence-corrected chi connectivity index (χ4v) is 8.74. The lowest BCUT2D eigenvalue weighted by molar-refractivity contribution is -0.122. The molecule has 4 rings (SSSR count). The second-order valence-corrected chi connectivity index (χ2v) is 13.2. The number of hydrogen-bond acceptors (Lipinski definition) is 6. The minimum atomic E-state index is -3.80. The van der Waals surface area contributed by atoms with Gasteiger partial charge in [0.25, 0.3) is 15.9 Å². The molecular formula is C21H24ClN3O3S4. The van der Waals surface area contributed by atoms with Crippen LogP contribution in [-0.4, -0.2) is 42.0 Å². The zero-order valence-electron chi connectivity index (χ0n) is 17.8. The van der Waals surface area contributed by atoms with Crippen LogP contribution in [0.15, 0.2) is 44.4 Å². The lowest BCUT2D eigenvalue weighted by Gasteiger charge is -2.31. The molecule has 1 unspecified atom stereocenters.